The first-order valence-corrected chi connectivity index (χ1v) is 14.3. The Labute approximate surface area is 243 Å². The summed E-state index contributed by atoms with van der Waals surface area (Å²) >= 11 is 4.72. The zero-order valence-corrected chi connectivity index (χ0v) is 24.2. The molecule has 0 saturated carbocycles. The van der Waals surface area contributed by atoms with Crippen LogP contribution in [0.2, 0.25) is 0 Å². The van der Waals surface area contributed by atoms with Gasteiger partial charge in [0.25, 0.3) is 11.8 Å². The van der Waals surface area contributed by atoms with Crippen LogP contribution in [0.1, 0.15) is 45.3 Å². The second-order valence-corrected chi connectivity index (χ2v) is 11.2. The second kappa shape index (κ2) is 12.1. The van der Waals surface area contributed by atoms with Gasteiger partial charge in [-0.2, -0.15) is 5.10 Å². The Morgan fingerprint density at radius 1 is 1.07 bits per heavy atom. The second-order valence-electron chi connectivity index (χ2n) is 9.36. The van der Waals surface area contributed by atoms with Crippen LogP contribution >= 0.6 is 27.7 Å². The molecule has 1 aliphatic heterocycles. The number of aryl methyl sites for hydroxylation is 1. The number of thioether (sulfide) groups is 1. The summed E-state index contributed by atoms with van der Waals surface area (Å²) in [4.78, 5) is 25.8. The van der Waals surface area contributed by atoms with E-state index in [2.05, 4.69) is 31.4 Å². The van der Waals surface area contributed by atoms with Gasteiger partial charge in [0.2, 0.25) is 0 Å². The number of hydrogen-bond donors (Lipinski definition) is 1. The predicted octanol–water partition coefficient (Wildman–Crippen LogP) is 5.43. The standard InChI is InChI=1S/C29H26BrFN6O2S/c1-18-6-8-20(9-7-18)25-15-24(19-10-12-22(30)13-11-19)35-37(25)27(38)17-40-29-34-33-26(36(29)2)16-32-28(39)21-4-3-5-23(31)14-21/h3-14,25H,15-17H2,1-2H3,(H,32,39). The van der Waals surface area contributed by atoms with Crippen LogP contribution in [0.5, 0.6) is 0 Å². The van der Waals surface area contributed by atoms with Gasteiger partial charge in [-0.1, -0.05) is 75.7 Å². The van der Waals surface area contributed by atoms with E-state index in [1.54, 1.807) is 16.6 Å². The lowest BCUT2D eigenvalue weighted by Crippen LogP contribution is -2.28. The van der Waals surface area contributed by atoms with Gasteiger partial charge in [0.15, 0.2) is 11.0 Å². The Kier molecular flexibility index (Phi) is 8.41. The van der Waals surface area contributed by atoms with E-state index in [9.17, 15) is 14.0 Å². The lowest BCUT2D eigenvalue weighted by Gasteiger charge is -2.22. The molecule has 0 bridgehead atoms. The average molecular weight is 622 g/mol. The Balaban J connectivity index is 1.27. The molecule has 0 radical (unpaired) electrons. The Morgan fingerprint density at radius 2 is 1.82 bits per heavy atom. The van der Waals surface area contributed by atoms with Crippen molar-refractivity contribution in [1.82, 2.24) is 25.1 Å². The first kappa shape index (κ1) is 27.7. The quantitative estimate of drug-likeness (QED) is 0.265. The van der Waals surface area contributed by atoms with Crippen LogP contribution < -0.4 is 5.32 Å². The number of benzene rings is 3. The molecule has 204 valence electrons. The molecule has 4 aromatic rings. The number of nitrogens with one attached hydrogen (secondary N) is 1. The smallest absolute Gasteiger partial charge is 0.253 e. The van der Waals surface area contributed by atoms with E-state index < -0.39 is 11.7 Å². The Bertz CT molecular complexity index is 1570. The number of carbonyl (C=O) groups excluding carboxylic acids is 2. The van der Waals surface area contributed by atoms with E-state index in [4.69, 9.17) is 5.10 Å². The lowest BCUT2D eigenvalue weighted by molar-refractivity contribution is -0.130. The zero-order chi connectivity index (χ0) is 28.2. The predicted molar refractivity (Wildman–Crippen MR) is 155 cm³/mol. The van der Waals surface area contributed by atoms with Gasteiger partial charge in [-0.05, 0) is 48.4 Å². The van der Waals surface area contributed by atoms with E-state index in [0.717, 1.165) is 26.9 Å². The van der Waals surface area contributed by atoms with E-state index in [1.807, 2.05) is 55.5 Å². The Morgan fingerprint density at radius 3 is 2.55 bits per heavy atom. The fraction of sp³-hybridized carbons (Fsp3) is 0.207. The molecule has 0 spiro atoms. The maximum absolute atomic E-state index is 13.5. The van der Waals surface area contributed by atoms with Crippen LogP contribution in [0.15, 0.2) is 87.5 Å². The van der Waals surface area contributed by atoms with E-state index in [-0.39, 0.29) is 29.8 Å². The van der Waals surface area contributed by atoms with Crippen molar-refractivity contribution in [2.75, 3.05) is 5.75 Å². The molecule has 2 heterocycles. The summed E-state index contributed by atoms with van der Waals surface area (Å²) in [6, 6.07) is 21.3. The van der Waals surface area contributed by atoms with Crippen molar-refractivity contribution in [3.8, 4) is 0 Å². The molecular formula is C29H26BrFN6O2S. The third-order valence-corrected chi connectivity index (χ3v) is 8.08. The molecule has 0 fully saturated rings. The summed E-state index contributed by atoms with van der Waals surface area (Å²) in [5.74, 6) is -0.421. The van der Waals surface area contributed by atoms with Crippen LogP contribution in [0, 0.1) is 12.7 Å². The van der Waals surface area contributed by atoms with Crippen molar-refractivity contribution >= 4 is 45.2 Å². The van der Waals surface area contributed by atoms with Gasteiger partial charge < -0.3 is 9.88 Å². The highest BCUT2D eigenvalue weighted by atomic mass is 79.9. The molecule has 11 heteroatoms. The minimum atomic E-state index is -0.481. The van der Waals surface area contributed by atoms with Crippen molar-refractivity contribution in [3.63, 3.8) is 0 Å². The molecule has 1 aliphatic rings. The summed E-state index contributed by atoms with van der Waals surface area (Å²) in [5.41, 5.74) is 4.22. The molecule has 1 N–H and O–H groups in total. The van der Waals surface area contributed by atoms with E-state index in [0.29, 0.717) is 17.4 Å². The number of aromatic nitrogens is 3. The summed E-state index contributed by atoms with van der Waals surface area (Å²) in [7, 11) is 1.77. The maximum Gasteiger partial charge on any atom is 0.253 e. The first-order chi connectivity index (χ1) is 19.3. The largest absolute Gasteiger partial charge is 0.345 e. The van der Waals surface area contributed by atoms with Crippen molar-refractivity contribution in [2.45, 2.75) is 31.1 Å². The van der Waals surface area contributed by atoms with Gasteiger partial charge in [0.1, 0.15) is 5.82 Å². The van der Waals surface area contributed by atoms with Crippen LogP contribution in [-0.2, 0) is 18.4 Å². The number of hydrazone groups is 1. The molecule has 8 nitrogen and oxygen atoms in total. The fourth-order valence-corrected chi connectivity index (χ4v) is 5.36. The third kappa shape index (κ3) is 6.31. The molecule has 1 unspecified atom stereocenters. The summed E-state index contributed by atoms with van der Waals surface area (Å²) < 4.78 is 16.1. The molecule has 3 aromatic carbocycles. The number of rotatable bonds is 8. The minimum Gasteiger partial charge on any atom is -0.345 e. The topological polar surface area (TPSA) is 92.5 Å². The van der Waals surface area contributed by atoms with Gasteiger partial charge in [0.05, 0.1) is 24.1 Å². The van der Waals surface area contributed by atoms with Crippen LogP contribution in [0.4, 0.5) is 4.39 Å². The highest BCUT2D eigenvalue weighted by molar-refractivity contribution is 9.10. The van der Waals surface area contributed by atoms with Crippen molar-refractivity contribution in [3.05, 3.63) is 111 Å². The Hall–Kier alpha value is -3.83. The average Bonchev–Trinajstić information content (AvgIpc) is 3.55. The molecule has 0 saturated heterocycles. The van der Waals surface area contributed by atoms with Gasteiger partial charge >= 0.3 is 0 Å². The summed E-state index contributed by atoms with van der Waals surface area (Å²) in [6.45, 7) is 2.14. The highest BCUT2D eigenvalue weighted by Gasteiger charge is 2.33. The lowest BCUT2D eigenvalue weighted by atomic mass is 9.98. The zero-order valence-electron chi connectivity index (χ0n) is 21.8. The molecule has 1 atom stereocenters. The van der Waals surface area contributed by atoms with Gasteiger partial charge in [0, 0.05) is 23.5 Å². The van der Waals surface area contributed by atoms with Gasteiger partial charge in [-0.25, -0.2) is 9.40 Å². The monoisotopic (exact) mass is 620 g/mol. The summed E-state index contributed by atoms with van der Waals surface area (Å²) in [6.07, 6.45) is 0.611. The van der Waals surface area contributed by atoms with Crippen LogP contribution in [0.25, 0.3) is 0 Å². The van der Waals surface area contributed by atoms with Crippen molar-refractivity contribution < 1.29 is 14.0 Å². The SMILES string of the molecule is Cc1ccc(C2CC(c3ccc(Br)cc3)=NN2C(=O)CSc2nnc(CNC(=O)c3cccc(F)c3)n2C)cc1. The molecule has 1 aromatic heterocycles. The van der Waals surface area contributed by atoms with E-state index in [1.165, 1.54) is 36.0 Å². The molecule has 40 heavy (non-hydrogen) atoms. The van der Waals surface area contributed by atoms with Crippen LogP contribution in [0.3, 0.4) is 0 Å². The number of carbonyl (C=O) groups is 2. The third-order valence-electron chi connectivity index (χ3n) is 6.55. The molecule has 5 rings (SSSR count). The highest BCUT2D eigenvalue weighted by Crippen LogP contribution is 2.34. The molecular weight excluding hydrogens is 595 g/mol. The molecule has 2 amide bonds. The number of halogens is 2. The normalized spacial score (nSPS) is 14.8. The van der Waals surface area contributed by atoms with E-state index >= 15 is 0 Å². The first-order valence-electron chi connectivity index (χ1n) is 12.6. The maximum atomic E-state index is 13.5. The van der Waals surface area contributed by atoms with Gasteiger partial charge in [-0.15, -0.1) is 10.2 Å². The number of amides is 2. The minimum absolute atomic E-state index is 0.107. The van der Waals surface area contributed by atoms with Crippen LogP contribution in [-0.4, -0.2) is 43.1 Å². The number of nitrogens with zero attached hydrogens (tertiary/aromatic N) is 5. The number of hydrogen-bond acceptors (Lipinski definition) is 6. The van der Waals surface area contributed by atoms with Gasteiger partial charge in [-0.3, -0.25) is 9.59 Å². The van der Waals surface area contributed by atoms with Crippen molar-refractivity contribution in [1.29, 1.82) is 0 Å². The summed E-state index contributed by atoms with van der Waals surface area (Å²) in [5, 5.41) is 17.9. The fourth-order valence-electron chi connectivity index (χ4n) is 4.31. The molecule has 0 aliphatic carbocycles. The van der Waals surface area contributed by atoms with Crippen molar-refractivity contribution in [2.24, 2.45) is 12.1 Å².